The number of nitrogens with one attached hydrogen (secondary N) is 1. The first-order valence-corrected chi connectivity index (χ1v) is 4.65. The maximum absolute atomic E-state index is 11.7. The summed E-state index contributed by atoms with van der Waals surface area (Å²) in [6.45, 7) is 0. The molecule has 1 aromatic heterocycles. The number of aromatic nitrogens is 1. The second kappa shape index (κ2) is 3.29. The van der Waals surface area contributed by atoms with E-state index in [2.05, 4.69) is 4.98 Å². The van der Waals surface area contributed by atoms with Crippen LogP contribution in [0.4, 0.5) is 0 Å². The van der Waals surface area contributed by atoms with Gasteiger partial charge in [-0.15, -0.1) is 0 Å². The largest absolute Gasteiger partial charge is 0.337 e. The summed E-state index contributed by atoms with van der Waals surface area (Å²) in [5.41, 5.74) is 0.131. The minimum absolute atomic E-state index is 0.106. The minimum Gasteiger partial charge on any atom is -0.337 e. The van der Waals surface area contributed by atoms with E-state index >= 15 is 0 Å². The molecule has 0 aromatic carbocycles. The van der Waals surface area contributed by atoms with E-state index < -0.39 is 0 Å². The molecule has 1 amide bonds. The highest BCUT2D eigenvalue weighted by atomic mass is 16.2. The maximum Gasteiger partial charge on any atom is 0.270 e. The highest BCUT2D eigenvalue weighted by Crippen LogP contribution is 2.26. The van der Waals surface area contributed by atoms with Gasteiger partial charge in [-0.1, -0.05) is 6.07 Å². The molecule has 14 heavy (non-hydrogen) atoms. The van der Waals surface area contributed by atoms with Crippen molar-refractivity contribution in [1.82, 2.24) is 9.88 Å². The topological polar surface area (TPSA) is 53.2 Å². The van der Waals surface area contributed by atoms with Gasteiger partial charge in [-0.05, 0) is 18.9 Å². The van der Waals surface area contributed by atoms with Gasteiger partial charge < -0.3 is 9.88 Å². The van der Waals surface area contributed by atoms with Gasteiger partial charge in [0.15, 0.2) is 0 Å². The Morgan fingerprint density at radius 3 is 2.79 bits per heavy atom. The predicted octanol–water partition coefficient (Wildman–Crippen LogP) is 0.609. The molecule has 1 heterocycles. The van der Waals surface area contributed by atoms with E-state index in [1.54, 1.807) is 24.1 Å². The summed E-state index contributed by atoms with van der Waals surface area (Å²) in [5, 5.41) is 0. The number of carbonyl (C=O) groups excluding carboxylic acids is 1. The Balaban J connectivity index is 2.21. The van der Waals surface area contributed by atoms with Crippen molar-refractivity contribution in [1.29, 1.82) is 0 Å². The van der Waals surface area contributed by atoms with E-state index in [0.29, 0.717) is 11.7 Å². The lowest BCUT2D eigenvalue weighted by atomic mass is 10.3. The second-order valence-electron chi connectivity index (χ2n) is 3.58. The van der Waals surface area contributed by atoms with Gasteiger partial charge in [0.25, 0.3) is 5.91 Å². The van der Waals surface area contributed by atoms with Crippen molar-refractivity contribution in [3.63, 3.8) is 0 Å². The van der Waals surface area contributed by atoms with Gasteiger partial charge in [0.05, 0.1) is 0 Å². The maximum atomic E-state index is 11.7. The number of pyridine rings is 1. The lowest BCUT2D eigenvalue weighted by molar-refractivity contribution is 0.0779. The molecule has 1 fully saturated rings. The molecule has 2 rings (SSSR count). The number of hydrogen-bond acceptors (Lipinski definition) is 2. The van der Waals surface area contributed by atoms with Crippen molar-refractivity contribution in [3.05, 3.63) is 34.2 Å². The van der Waals surface area contributed by atoms with Crippen LogP contribution >= 0.6 is 0 Å². The molecule has 4 nitrogen and oxygen atoms in total. The first kappa shape index (κ1) is 8.99. The molecular weight excluding hydrogens is 180 g/mol. The normalized spacial score (nSPS) is 15.2. The summed E-state index contributed by atoms with van der Waals surface area (Å²) < 4.78 is 0. The van der Waals surface area contributed by atoms with E-state index in [-0.39, 0.29) is 11.5 Å². The summed E-state index contributed by atoms with van der Waals surface area (Å²) in [7, 11) is 1.77. The molecule has 4 heteroatoms. The van der Waals surface area contributed by atoms with Crippen LogP contribution < -0.4 is 5.56 Å². The van der Waals surface area contributed by atoms with Crippen LogP contribution in [0.5, 0.6) is 0 Å². The molecule has 0 radical (unpaired) electrons. The molecule has 1 N–H and O–H groups in total. The molecule has 0 spiro atoms. The van der Waals surface area contributed by atoms with Gasteiger partial charge in [-0.25, -0.2) is 0 Å². The van der Waals surface area contributed by atoms with Crippen molar-refractivity contribution in [2.24, 2.45) is 0 Å². The van der Waals surface area contributed by atoms with E-state index in [1.807, 2.05) is 0 Å². The standard InChI is InChI=1S/C10H12N2O2/c1-12(7-5-6-7)10(14)8-3-2-4-9(13)11-8/h2-4,7H,5-6H2,1H3,(H,11,13). The van der Waals surface area contributed by atoms with Crippen LogP contribution in [-0.4, -0.2) is 28.9 Å². The van der Waals surface area contributed by atoms with Crippen molar-refractivity contribution in [2.45, 2.75) is 18.9 Å². The number of amides is 1. The number of aromatic amines is 1. The number of H-pyrrole nitrogens is 1. The van der Waals surface area contributed by atoms with Gasteiger partial charge in [0.2, 0.25) is 5.56 Å². The Morgan fingerprint density at radius 2 is 2.21 bits per heavy atom. The zero-order valence-corrected chi connectivity index (χ0v) is 7.99. The van der Waals surface area contributed by atoms with Crippen molar-refractivity contribution in [2.75, 3.05) is 7.05 Å². The molecule has 0 unspecified atom stereocenters. The second-order valence-corrected chi connectivity index (χ2v) is 3.58. The van der Waals surface area contributed by atoms with Crippen molar-refractivity contribution < 1.29 is 4.79 Å². The summed E-state index contributed by atoms with van der Waals surface area (Å²) >= 11 is 0. The monoisotopic (exact) mass is 192 g/mol. The molecule has 1 aromatic rings. The predicted molar refractivity (Wildman–Crippen MR) is 52.2 cm³/mol. The van der Waals surface area contributed by atoms with Gasteiger partial charge in [0, 0.05) is 19.2 Å². The molecule has 74 valence electrons. The molecule has 1 saturated carbocycles. The van der Waals surface area contributed by atoms with Crippen LogP contribution in [0.25, 0.3) is 0 Å². The minimum atomic E-state index is -0.236. The van der Waals surface area contributed by atoms with Gasteiger partial charge in [-0.2, -0.15) is 0 Å². The highest BCUT2D eigenvalue weighted by Gasteiger charge is 2.30. The number of carbonyl (C=O) groups is 1. The van der Waals surface area contributed by atoms with E-state index in [9.17, 15) is 9.59 Å². The third kappa shape index (κ3) is 1.69. The van der Waals surface area contributed by atoms with Crippen molar-refractivity contribution in [3.8, 4) is 0 Å². The molecule has 0 saturated heterocycles. The fourth-order valence-electron chi connectivity index (χ4n) is 1.39. The SMILES string of the molecule is CN(C(=O)c1cccc(=O)[nH]1)C1CC1. The van der Waals surface area contributed by atoms with E-state index in [1.165, 1.54) is 6.07 Å². The van der Waals surface area contributed by atoms with E-state index in [0.717, 1.165) is 12.8 Å². The quantitative estimate of drug-likeness (QED) is 0.746. The lowest BCUT2D eigenvalue weighted by Crippen LogP contribution is -2.30. The van der Waals surface area contributed by atoms with Crippen LogP contribution in [-0.2, 0) is 0 Å². The number of nitrogens with zero attached hydrogens (tertiary/aromatic N) is 1. The summed E-state index contributed by atoms with van der Waals surface area (Å²) in [6.07, 6.45) is 2.14. The summed E-state index contributed by atoms with van der Waals surface area (Å²) in [4.78, 5) is 26.9. The van der Waals surface area contributed by atoms with E-state index in [4.69, 9.17) is 0 Å². The zero-order valence-electron chi connectivity index (χ0n) is 7.99. The zero-order chi connectivity index (χ0) is 10.1. The molecule has 0 atom stereocenters. The molecular formula is C10H12N2O2. The Bertz CT molecular complexity index is 407. The summed E-state index contributed by atoms with van der Waals surface area (Å²) in [5.74, 6) is -0.106. The third-order valence-electron chi connectivity index (χ3n) is 2.41. The van der Waals surface area contributed by atoms with Gasteiger partial charge in [0.1, 0.15) is 5.69 Å². The third-order valence-corrected chi connectivity index (χ3v) is 2.41. The average Bonchev–Trinajstić information content (AvgIpc) is 2.99. The average molecular weight is 192 g/mol. The smallest absolute Gasteiger partial charge is 0.270 e. The summed E-state index contributed by atoms with van der Waals surface area (Å²) in [6, 6.07) is 4.98. The van der Waals surface area contributed by atoms with Crippen LogP contribution in [0.2, 0.25) is 0 Å². The Labute approximate surface area is 81.6 Å². The van der Waals surface area contributed by atoms with Crippen LogP contribution in [0.1, 0.15) is 23.3 Å². The fourth-order valence-corrected chi connectivity index (χ4v) is 1.39. The molecule has 0 bridgehead atoms. The van der Waals surface area contributed by atoms with Crippen LogP contribution in [0.15, 0.2) is 23.0 Å². The Hall–Kier alpha value is -1.58. The molecule has 1 aliphatic rings. The number of hydrogen-bond donors (Lipinski definition) is 1. The Kier molecular flexibility index (Phi) is 2.11. The Morgan fingerprint density at radius 1 is 1.50 bits per heavy atom. The number of rotatable bonds is 2. The first-order chi connectivity index (χ1) is 6.68. The lowest BCUT2D eigenvalue weighted by Gasteiger charge is -2.15. The highest BCUT2D eigenvalue weighted by molar-refractivity contribution is 5.92. The fraction of sp³-hybridized carbons (Fsp3) is 0.400. The van der Waals surface area contributed by atoms with Gasteiger partial charge in [-0.3, -0.25) is 9.59 Å². The van der Waals surface area contributed by atoms with Gasteiger partial charge >= 0.3 is 0 Å². The van der Waals surface area contributed by atoms with Crippen molar-refractivity contribution >= 4 is 5.91 Å². The van der Waals surface area contributed by atoms with Crippen LogP contribution in [0, 0.1) is 0 Å². The molecule has 1 aliphatic carbocycles. The first-order valence-electron chi connectivity index (χ1n) is 4.65. The molecule has 0 aliphatic heterocycles. The van der Waals surface area contributed by atoms with Crippen LogP contribution in [0.3, 0.4) is 0 Å².